The van der Waals surface area contributed by atoms with E-state index in [2.05, 4.69) is 30.9 Å². The molecule has 0 aliphatic carbocycles. The molecule has 3 heterocycles. The molecule has 2 aromatic rings. The van der Waals surface area contributed by atoms with Gasteiger partial charge in [-0.25, -0.2) is 9.78 Å². The highest BCUT2D eigenvalue weighted by molar-refractivity contribution is 9.10. The first-order valence-electron chi connectivity index (χ1n) is 9.23. The third-order valence-electron chi connectivity index (χ3n) is 4.86. The van der Waals surface area contributed by atoms with Crippen molar-refractivity contribution in [3.05, 3.63) is 68.8 Å². The maximum atomic E-state index is 11.5. The molecule has 2 saturated heterocycles. The molecule has 0 saturated carbocycles. The Balaban J connectivity index is 1.58. The highest BCUT2D eigenvalue weighted by atomic mass is 79.9. The topological polar surface area (TPSA) is 147 Å². The normalized spacial score (nSPS) is 30.1. The van der Waals surface area contributed by atoms with Gasteiger partial charge in [0.15, 0.2) is 12.0 Å². The molecule has 1 aromatic carbocycles. The zero-order valence-electron chi connectivity index (χ0n) is 15.8. The summed E-state index contributed by atoms with van der Waals surface area (Å²) in [4.78, 5) is 18.6. The first kappa shape index (κ1) is 22.0. The monoisotopic (exact) mass is 508 g/mol. The second kappa shape index (κ2) is 9.53. The number of halogens is 1. The minimum absolute atomic E-state index is 0.147. The molecule has 12 heteroatoms. The fraction of sp³-hybridized carbons (Fsp3) is 0.368. The predicted octanol–water partition coefficient (Wildman–Crippen LogP) is 3.51. The molecule has 0 amide bonds. The molecule has 2 fully saturated rings. The Morgan fingerprint density at radius 2 is 2.10 bits per heavy atom. The SMILES string of the molecule is [N-]=[N+]=N[C@@H]1[C@@H](O)[C@@H](Sc2cc(Br)cnc2C(=O)O)O[C@@H]2COC(c3ccccc3)O[C@H]12. The van der Waals surface area contributed by atoms with E-state index in [1.807, 2.05) is 30.3 Å². The second-order valence-electron chi connectivity index (χ2n) is 6.83. The largest absolute Gasteiger partial charge is 0.476 e. The summed E-state index contributed by atoms with van der Waals surface area (Å²) >= 11 is 4.25. The standard InChI is InChI=1S/C19H17BrN4O6S/c20-10-6-12(13(17(26)27)22-7-10)31-19-15(25)14(23-24-21)16-11(29-19)8-28-18(30-16)9-4-2-1-3-5-9/h1-7,11,14-16,18-19,25H,8H2,(H,26,27)/t11-,14-,15-,16+,18?,19-/m1/s1. The van der Waals surface area contributed by atoms with Crippen molar-refractivity contribution in [2.24, 2.45) is 5.11 Å². The van der Waals surface area contributed by atoms with E-state index in [1.54, 1.807) is 6.07 Å². The number of benzene rings is 1. The third-order valence-corrected chi connectivity index (χ3v) is 6.48. The number of aromatic carboxylic acids is 1. The van der Waals surface area contributed by atoms with Crippen molar-refractivity contribution >= 4 is 33.7 Å². The van der Waals surface area contributed by atoms with Gasteiger partial charge in [0, 0.05) is 26.0 Å². The van der Waals surface area contributed by atoms with Gasteiger partial charge >= 0.3 is 5.97 Å². The molecule has 6 atom stereocenters. The van der Waals surface area contributed by atoms with Gasteiger partial charge in [-0.05, 0) is 27.5 Å². The Kier molecular flexibility index (Phi) is 6.77. The van der Waals surface area contributed by atoms with E-state index in [4.69, 9.17) is 19.7 Å². The van der Waals surface area contributed by atoms with Crippen LogP contribution in [0.4, 0.5) is 0 Å². The van der Waals surface area contributed by atoms with E-state index in [0.29, 0.717) is 9.37 Å². The molecule has 0 bridgehead atoms. The van der Waals surface area contributed by atoms with E-state index in [-0.39, 0.29) is 12.3 Å². The molecule has 2 aliphatic rings. The number of aromatic nitrogens is 1. The Morgan fingerprint density at radius 1 is 1.32 bits per heavy atom. The lowest BCUT2D eigenvalue weighted by Crippen LogP contribution is -2.60. The van der Waals surface area contributed by atoms with Crippen LogP contribution in [0, 0.1) is 0 Å². The minimum atomic E-state index is -1.25. The summed E-state index contributed by atoms with van der Waals surface area (Å²) in [5.41, 5.74) is 8.75. The van der Waals surface area contributed by atoms with E-state index in [9.17, 15) is 15.0 Å². The molecule has 2 N–H and O–H groups in total. The molecule has 0 spiro atoms. The lowest BCUT2D eigenvalue weighted by atomic mass is 9.97. The number of ether oxygens (including phenoxy) is 3. The zero-order valence-corrected chi connectivity index (χ0v) is 18.2. The molecule has 31 heavy (non-hydrogen) atoms. The Morgan fingerprint density at radius 3 is 2.81 bits per heavy atom. The van der Waals surface area contributed by atoms with E-state index < -0.39 is 42.0 Å². The molecule has 4 rings (SSSR count). The number of carboxylic acid groups (broad SMARTS) is 1. The van der Waals surface area contributed by atoms with Crippen LogP contribution in [0.5, 0.6) is 0 Å². The fourth-order valence-electron chi connectivity index (χ4n) is 3.44. The van der Waals surface area contributed by atoms with Gasteiger partial charge in [-0.1, -0.05) is 47.2 Å². The number of hydrogen-bond donors (Lipinski definition) is 2. The van der Waals surface area contributed by atoms with Crippen molar-refractivity contribution in [2.45, 2.75) is 41.0 Å². The summed E-state index contributed by atoms with van der Waals surface area (Å²) in [6.45, 7) is 0.147. The molecule has 0 radical (unpaired) electrons. The Hall–Kier alpha value is -2.18. The van der Waals surface area contributed by atoms with E-state index >= 15 is 0 Å². The molecule has 2 aliphatic heterocycles. The lowest BCUT2D eigenvalue weighted by molar-refractivity contribution is -0.297. The highest BCUT2D eigenvalue weighted by Gasteiger charge is 2.49. The van der Waals surface area contributed by atoms with Crippen molar-refractivity contribution in [1.82, 2.24) is 4.98 Å². The first-order valence-corrected chi connectivity index (χ1v) is 10.9. The maximum Gasteiger partial charge on any atom is 0.355 e. The third kappa shape index (κ3) is 4.70. The van der Waals surface area contributed by atoms with Gasteiger partial charge in [-0.15, -0.1) is 0 Å². The van der Waals surface area contributed by atoms with Gasteiger partial charge in [0.05, 0.1) is 12.6 Å². The van der Waals surface area contributed by atoms with Crippen molar-refractivity contribution in [3.63, 3.8) is 0 Å². The number of carbonyl (C=O) groups is 1. The highest BCUT2D eigenvalue weighted by Crippen LogP contribution is 2.41. The van der Waals surface area contributed by atoms with Crippen LogP contribution < -0.4 is 0 Å². The van der Waals surface area contributed by atoms with Gasteiger partial charge in [0.25, 0.3) is 0 Å². The van der Waals surface area contributed by atoms with Crippen molar-refractivity contribution in [3.8, 4) is 0 Å². The maximum absolute atomic E-state index is 11.5. The summed E-state index contributed by atoms with van der Waals surface area (Å²) < 4.78 is 18.3. The van der Waals surface area contributed by atoms with E-state index in [1.165, 1.54) is 6.20 Å². The predicted molar refractivity (Wildman–Crippen MR) is 112 cm³/mol. The van der Waals surface area contributed by atoms with Crippen molar-refractivity contribution in [2.75, 3.05) is 6.61 Å². The van der Waals surface area contributed by atoms with Crippen LogP contribution in [-0.2, 0) is 14.2 Å². The molecule has 162 valence electrons. The molecular weight excluding hydrogens is 492 g/mol. The van der Waals surface area contributed by atoms with Crippen LogP contribution in [0.1, 0.15) is 22.3 Å². The van der Waals surface area contributed by atoms with E-state index in [0.717, 1.165) is 17.3 Å². The van der Waals surface area contributed by atoms with Gasteiger partial charge in [-0.3, -0.25) is 0 Å². The number of hydrogen-bond acceptors (Lipinski definition) is 8. The average molecular weight is 509 g/mol. The Bertz CT molecular complexity index is 1010. The molecule has 1 unspecified atom stereocenters. The molecule has 1 aromatic heterocycles. The number of fused-ring (bicyclic) bond motifs is 1. The van der Waals surface area contributed by atoms with Gasteiger partial charge in [0.2, 0.25) is 0 Å². The summed E-state index contributed by atoms with van der Waals surface area (Å²) in [7, 11) is 0. The number of rotatable bonds is 5. The lowest BCUT2D eigenvalue weighted by Gasteiger charge is -2.46. The number of aliphatic hydroxyl groups excluding tert-OH is 1. The quantitative estimate of drug-likeness (QED) is 0.354. The summed E-state index contributed by atoms with van der Waals surface area (Å²) in [5.74, 6) is -1.21. The second-order valence-corrected chi connectivity index (χ2v) is 8.88. The zero-order chi connectivity index (χ0) is 22.0. The van der Waals surface area contributed by atoms with Crippen LogP contribution in [-0.4, -0.2) is 57.6 Å². The van der Waals surface area contributed by atoms with Gasteiger partial charge < -0.3 is 24.4 Å². The first-order chi connectivity index (χ1) is 15.0. The summed E-state index contributed by atoms with van der Waals surface area (Å²) in [5, 5.41) is 24.1. The summed E-state index contributed by atoms with van der Waals surface area (Å²) in [6.07, 6.45) is -1.92. The average Bonchev–Trinajstić information content (AvgIpc) is 2.77. The van der Waals surface area contributed by atoms with Crippen LogP contribution in [0.25, 0.3) is 10.4 Å². The van der Waals surface area contributed by atoms with Gasteiger partial charge in [0.1, 0.15) is 23.7 Å². The number of nitrogens with zero attached hydrogens (tertiary/aromatic N) is 4. The number of thioether (sulfide) groups is 1. The van der Waals surface area contributed by atoms with Gasteiger partial charge in [-0.2, -0.15) is 0 Å². The van der Waals surface area contributed by atoms with Crippen LogP contribution in [0.3, 0.4) is 0 Å². The van der Waals surface area contributed by atoms with Crippen LogP contribution >= 0.6 is 27.7 Å². The summed E-state index contributed by atoms with van der Waals surface area (Å²) in [6, 6.07) is 9.89. The fourth-order valence-corrected chi connectivity index (χ4v) is 5.12. The van der Waals surface area contributed by atoms with Crippen LogP contribution in [0.2, 0.25) is 0 Å². The number of pyridine rings is 1. The number of azide groups is 1. The van der Waals surface area contributed by atoms with Crippen LogP contribution in [0.15, 0.2) is 57.1 Å². The molecule has 10 nitrogen and oxygen atoms in total. The van der Waals surface area contributed by atoms with Crippen molar-refractivity contribution in [1.29, 1.82) is 0 Å². The smallest absolute Gasteiger partial charge is 0.355 e. The van der Waals surface area contributed by atoms with Crippen molar-refractivity contribution < 1.29 is 29.2 Å². The minimum Gasteiger partial charge on any atom is -0.476 e. The number of carboxylic acids is 1. The Labute approximate surface area is 189 Å². The number of aliphatic hydroxyl groups is 1. The molecular formula is C19H17BrN4O6S.